The Hall–Kier alpha value is -3.11. The molecule has 0 aliphatic carbocycles. The van der Waals surface area contributed by atoms with Gasteiger partial charge in [0.1, 0.15) is 5.75 Å². The zero-order chi connectivity index (χ0) is 20.5. The Bertz CT molecular complexity index is 948. The largest absolute Gasteiger partial charge is 0.494 e. The van der Waals surface area contributed by atoms with Crippen LogP contribution in [0.3, 0.4) is 0 Å². The Kier molecular flexibility index (Phi) is 7.42. The number of para-hydroxylation sites is 1. The minimum absolute atomic E-state index is 0.161. The molecule has 1 heterocycles. The number of nitrogens with one attached hydrogen (secondary N) is 3. The second-order valence-electron chi connectivity index (χ2n) is 5.61. The topological polar surface area (TPSA) is 105 Å². The fourth-order valence-corrected chi connectivity index (χ4v) is 3.77. The van der Waals surface area contributed by atoms with Crippen molar-refractivity contribution in [3.8, 4) is 5.75 Å². The third-order valence-corrected chi connectivity index (χ3v) is 5.41. The summed E-state index contributed by atoms with van der Waals surface area (Å²) in [6.45, 7) is 2.51. The summed E-state index contributed by atoms with van der Waals surface area (Å²) in [5, 5.41) is 16.4. The average molecular weight is 430 g/mol. The van der Waals surface area contributed by atoms with E-state index in [-0.39, 0.29) is 11.7 Å². The maximum Gasteiger partial charge on any atom is 0.325 e. The molecule has 0 atom stereocenters. The van der Waals surface area contributed by atoms with Crippen molar-refractivity contribution in [3.63, 3.8) is 0 Å². The maximum atomic E-state index is 12.1. The molecule has 3 amide bonds. The Morgan fingerprint density at radius 3 is 2.41 bits per heavy atom. The number of hydrogen-bond donors (Lipinski definition) is 3. The second kappa shape index (κ2) is 10.4. The zero-order valence-electron chi connectivity index (χ0n) is 15.5. The third-order valence-electron chi connectivity index (χ3n) is 3.43. The minimum atomic E-state index is -0.405. The number of amides is 3. The smallest absolute Gasteiger partial charge is 0.325 e. The van der Waals surface area contributed by atoms with Gasteiger partial charge >= 0.3 is 6.03 Å². The standard InChI is InChI=1S/C19H19N5O3S2/c1-2-27-15-10-8-14(9-11-15)20-16(25)12-28-19-24-23-18(29-19)22-17(26)21-13-6-4-3-5-7-13/h3-11H,2,12H2,1H3,(H,20,25)(H2,21,22,23,26). The first-order valence-corrected chi connectivity index (χ1v) is 10.5. The van der Waals surface area contributed by atoms with Crippen molar-refractivity contribution >= 4 is 51.5 Å². The molecule has 0 radical (unpaired) electrons. The lowest BCUT2D eigenvalue weighted by molar-refractivity contribution is -0.113. The van der Waals surface area contributed by atoms with Crippen molar-refractivity contribution in [1.82, 2.24) is 10.2 Å². The minimum Gasteiger partial charge on any atom is -0.494 e. The summed E-state index contributed by atoms with van der Waals surface area (Å²) in [7, 11) is 0. The van der Waals surface area contributed by atoms with Crippen LogP contribution >= 0.6 is 23.1 Å². The van der Waals surface area contributed by atoms with E-state index < -0.39 is 6.03 Å². The van der Waals surface area contributed by atoms with Gasteiger partial charge in [-0.3, -0.25) is 10.1 Å². The summed E-state index contributed by atoms with van der Waals surface area (Å²) in [5.74, 6) is 0.772. The molecule has 150 valence electrons. The lowest BCUT2D eigenvalue weighted by Crippen LogP contribution is -2.19. The van der Waals surface area contributed by atoms with Crippen LogP contribution < -0.4 is 20.7 Å². The van der Waals surface area contributed by atoms with E-state index >= 15 is 0 Å². The molecule has 0 unspecified atom stereocenters. The van der Waals surface area contributed by atoms with Crippen LogP contribution in [0.4, 0.5) is 21.3 Å². The number of nitrogens with zero attached hydrogens (tertiary/aromatic N) is 2. The van der Waals surface area contributed by atoms with Crippen molar-refractivity contribution in [1.29, 1.82) is 0 Å². The maximum absolute atomic E-state index is 12.1. The monoisotopic (exact) mass is 429 g/mol. The molecule has 0 aliphatic heterocycles. The molecule has 0 bridgehead atoms. The molecule has 8 nitrogen and oxygen atoms in total. The van der Waals surface area contributed by atoms with E-state index in [0.29, 0.717) is 27.5 Å². The molecule has 3 aromatic rings. The first-order valence-electron chi connectivity index (χ1n) is 8.74. The lowest BCUT2D eigenvalue weighted by atomic mass is 10.3. The van der Waals surface area contributed by atoms with Crippen LogP contribution in [-0.2, 0) is 4.79 Å². The summed E-state index contributed by atoms with van der Waals surface area (Å²) >= 11 is 2.45. The van der Waals surface area contributed by atoms with E-state index in [9.17, 15) is 9.59 Å². The SMILES string of the molecule is CCOc1ccc(NC(=O)CSc2nnc(NC(=O)Nc3ccccc3)s2)cc1. The van der Waals surface area contributed by atoms with Gasteiger partial charge in [0.05, 0.1) is 12.4 Å². The summed E-state index contributed by atoms with van der Waals surface area (Å²) in [4.78, 5) is 24.1. The van der Waals surface area contributed by atoms with E-state index in [2.05, 4.69) is 26.1 Å². The molecule has 0 saturated heterocycles. The van der Waals surface area contributed by atoms with Gasteiger partial charge in [0.2, 0.25) is 11.0 Å². The Morgan fingerprint density at radius 2 is 1.69 bits per heavy atom. The van der Waals surface area contributed by atoms with Crippen LogP contribution in [0.2, 0.25) is 0 Å². The van der Waals surface area contributed by atoms with Gasteiger partial charge in [0.15, 0.2) is 4.34 Å². The van der Waals surface area contributed by atoms with E-state index in [1.54, 1.807) is 36.4 Å². The van der Waals surface area contributed by atoms with Gasteiger partial charge in [-0.2, -0.15) is 0 Å². The van der Waals surface area contributed by atoms with Gasteiger partial charge in [0, 0.05) is 11.4 Å². The number of anilines is 3. The number of ether oxygens (including phenoxy) is 1. The summed E-state index contributed by atoms with van der Waals surface area (Å²) in [6, 6.07) is 15.8. The van der Waals surface area contributed by atoms with Crippen molar-refractivity contribution in [2.75, 3.05) is 28.3 Å². The average Bonchev–Trinajstić information content (AvgIpc) is 3.16. The van der Waals surface area contributed by atoms with Gasteiger partial charge in [0.25, 0.3) is 0 Å². The van der Waals surface area contributed by atoms with Crippen LogP contribution in [-0.4, -0.2) is 34.5 Å². The number of carbonyl (C=O) groups excluding carboxylic acids is 2. The Balaban J connectivity index is 1.43. The molecule has 0 saturated carbocycles. The zero-order valence-corrected chi connectivity index (χ0v) is 17.2. The number of hydrogen-bond acceptors (Lipinski definition) is 7. The lowest BCUT2D eigenvalue weighted by Gasteiger charge is -2.06. The van der Waals surface area contributed by atoms with Gasteiger partial charge in [-0.25, -0.2) is 4.79 Å². The summed E-state index contributed by atoms with van der Waals surface area (Å²) < 4.78 is 5.95. The van der Waals surface area contributed by atoms with Crippen LogP contribution in [0.5, 0.6) is 5.75 Å². The van der Waals surface area contributed by atoms with Gasteiger partial charge in [-0.05, 0) is 43.3 Å². The van der Waals surface area contributed by atoms with Crippen LogP contribution in [0, 0.1) is 0 Å². The van der Waals surface area contributed by atoms with Crippen LogP contribution in [0.1, 0.15) is 6.92 Å². The van der Waals surface area contributed by atoms with Crippen molar-refractivity contribution in [3.05, 3.63) is 54.6 Å². The van der Waals surface area contributed by atoms with E-state index in [1.165, 1.54) is 23.1 Å². The molecule has 3 rings (SSSR count). The van der Waals surface area contributed by atoms with Gasteiger partial charge < -0.3 is 15.4 Å². The number of rotatable bonds is 8. The van der Waals surface area contributed by atoms with Crippen LogP contribution in [0.15, 0.2) is 58.9 Å². The number of thioether (sulfide) groups is 1. The predicted octanol–water partition coefficient (Wildman–Crippen LogP) is 4.31. The highest BCUT2D eigenvalue weighted by Gasteiger charge is 2.11. The number of carbonyl (C=O) groups is 2. The van der Waals surface area contributed by atoms with E-state index in [4.69, 9.17) is 4.74 Å². The van der Waals surface area contributed by atoms with Crippen molar-refractivity contribution in [2.45, 2.75) is 11.3 Å². The first-order chi connectivity index (χ1) is 14.1. The summed E-state index contributed by atoms with van der Waals surface area (Å²) in [5.41, 5.74) is 1.37. The number of urea groups is 1. The molecule has 0 aliphatic rings. The highest BCUT2D eigenvalue weighted by molar-refractivity contribution is 8.01. The molecule has 0 spiro atoms. The van der Waals surface area contributed by atoms with Gasteiger partial charge in [-0.1, -0.05) is 41.3 Å². The van der Waals surface area contributed by atoms with E-state index in [1.807, 2.05) is 25.1 Å². The Morgan fingerprint density at radius 1 is 0.966 bits per heavy atom. The fourth-order valence-electron chi connectivity index (χ4n) is 2.23. The van der Waals surface area contributed by atoms with Crippen molar-refractivity contribution in [2.24, 2.45) is 0 Å². The molecule has 10 heteroatoms. The van der Waals surface area contributed by atoms with Crippen LogP contribution in [0.25, 0.3) is 0 Å². The van der Waals surface area contributed by atoms with E-state index in [0.717, 1.165) is 5.75 Å². The number of aromatic nitrogens is 2. The molecule has 3 N–H and O–H groups in total. The highest BCUT2D eigenvalue weighted by Crippen LogP contribution is 2.26. The fraction of sp³-hybridized carbons (Fsp3) is 0.158. The second-order valence-corrected chi connectivity index (χ2v) is 7.81. The molecule has 29 heavy (non-hydrogen) atoms. The molecular formula is C19H19N5O3S2. The molecular weight excluding hydrogens is 410 g/mol. The molecule has 1 aromatic heterocycles. The van der Waals surface area contributed by atoms with Gasteiger partial charge in [-0.15, -0.1) is 10.2 Å². The first kappa shape index (κ1) is 20.6. The third kappa shape index (κ3) is 6.77. The van der Waals surface area contributed by atoms with Crippen molar-refractivity contribution < 1.29 is 14.3 Å². The Labute approximate surface area is 176 Å². The predicted molar refractivity (Wildman–Crippen MR) is 116 cm³/mol. The number of benzene rings is 2. The summed E-state index contributed by atoms with van der Waals surface area (Å²) in [6.07, 6.45) is 0. The molecule has 0 fully saturated rings. The molecule has 2 aromatic carbocycles. The quantitative estimate of drug-likeness (QED) is 0.364. The normalized spacial score (nSPS) is 10.2. The highest BCUT2D eigenvalue weighted by atomic mass is 32.2.